The summed E-state index contributed by atoms with van der Waals surface area (Å²) in [4.78, 5) is 0. The minimum Gasteiger partial charge on any atom is -0.195 e. The first-order chi connectivity index (χ1) is 4.81. The predicted octanol–water partition coefficient (Wildman–Crippen LogP) is 1.86. The quantitative estimate of drug-likeness (QED) is 0.577. The Hall–Kier alpha value is -0.120. The van der Waals surface area contributed by atoms with E-state index in [0.29, 0.717) is 12.8 Å². The Bertz CT molecular complexity index is 243. The van der Waals surface area contributed by atoms with Crippen LogP contribution in [0.1, 0.15) is 33.1 Å². The summed E-state index contributed by atoms with van der Waals surface area (Å²) in [6, 6.07) is 0. The molecule has 0 aromatic carbocycles. The molecule has 0 heterocycles. The van der Waals surface area contributed by atoms with Crippen LogP contribution in [-0.2, 0) is 10.2 Å². The van der Waals surface area contributed by atoms with Gasteiger partial charge in [-0.2, -0.15) is 8.42 Å². The maximum atomic E-state index is 12.4. The van der Waals surface area contributed by atoms with Crippen molar-refractivity contribution in [1.82, 2.24) is 0 Å². The zero-order chi connectivity index (χ0) is 8.70. The second-order valence-corrected chi connectivity index (χ2v) is 5.62. The van der Waals surface area contributed by atoms with Gasteiger partial charge in [-0.3, -0.25) is 0 Å². The van der Waals surface area contributed by atoms with Crippen molar-refractivity contribution < 1.29 is 12.3 Å². The lowest BCUT2D eigenvalue weighted by molar-refractivity contribution is 0.380. The molecule has 2 nitrogen and oxygen atoms in total. The van der Waals surface area contributed by atoms with Crippen molar-refractivity contribution >= 4 is 10.2 Å². The Morgan fingerprint density at radius 1 is 1.45 bits per heavy atom. The second-order valence-electron chi connectivity index (χ2n) is 4.00. The van der Waals surface area contributed by atoms with Gasteiger partial charge in [0.05, 0.1) is 5.25 Å². The van der Waals surface area contributed by atoms with Crippen molar-refractivity contribution in [3.8, 4) is 0 Å². The summed E-state index contributed by atoms with van der Waals surface area (Å²) in [5.74, 6) is 0. The number of halogens is 1. The van der Waals surface area contributed by atoms with Crippen LogP contribution in [0.3, 0.4) is 0 Å². The highest BCUT2D eigenvalue weighted by molar-refractivity contribution is 7.87. The van der Waals surface area contributed by atoms with Crippen LogP contribution in [0.4, 0.5) is 3.89 Å². The lowest BCUT2D eigenvalue weighted by Crippen LogP contribution is -2.15. The van der Waals surface area contributed by atoms with E-state index in [0.717, 1.165) is 6.42 Å². The summed E-state index contributed by atoms with van der Waals surface area (Å²) < 4.78 is 33.3. The fraction of sp³-hybridized carbons (Fsp3) is 1.00. The lowest BCUT2D eigenvalue weighted by Gasteiger charge is -2.15. The molecule has 0 aromatic heterocycles. The molecule has 0 spiro atoms. The molecule has 11 heavy (non-hydrogen) atoms. The first-order valence-electron chi connectivity index (χ1n) is 3.75. The molecule has 0 aliphatic heterocycles. The fourth-order valence-electron chi connectivity index (χ4n) is 1.61. The highest BCUT2D eigenvalue weighted by Crippen LogP contribution is 2.40. The smallest absolute Gasteiger partial charge is 0.195 e. The van der Waals surface area contributed by atoms with E-state index in [-0.39, 0.29) is 5.41 Å². The SMILES string of the molecule is CC1(C)CCC(S(=O)(=O)F)C1. The van der Waals surface area contributed by atoms with Crippen LogP contribution in [0.5, 0.6) is 0 Å². The van der Waals surface area contributed by atoms with Crippen LogP contribution in [-0.4, -0.2) is 13.7 Å². The standard InChI is InChI=1S/C7H13FO2S/c1-7(2)4-3-6(5-7)11(8,9)10/h6H,3-5H2,1-2H3. The average molecular weight is 180 g/mol. The largest absolute Gasteiger partial charge is 0.305 e. The van der Waals surface area contributed by atoms with Gasteiger partial charge in [0, 0.05) is 0 Å². The Labute approximate surface area is 67.0 Å². The molecule has 1 aliphatic carbocycles. The third-order valence-electron chi connectivity index (χ3n) is 2.32. The van der Waals surface area contributed by atoms with Gasteiger partial charge < -0.3 is 0 Å². The van der Waals surface area contributed by atoms with Gasteiger partial charge in [-0.15, -0.1) is 3.89 Å². The van der Waals surface area contributed by atoms with Crippen LogP contribution >= 0.6 is 0 Å². The van der Waals surface area contributed by atoms with E-state index >= 15 is 0 Å². The van der Waals surface area contributed by atoms with Gasteiger partial charge in [0.1, 0.15) is 0 Å². The Morgan fingerprint density at radius 3 is 2.18 bits per heavy atom. The van der Waals surface area contributed by atoms with Crippen LogP contribution in [0, 0.1) is 5.41 Å². The number of hydrogen-bond donors (Lipinski definition) is 0. The van der Waals surface area contributed by atoms with Gasteiger partial charge in [0.2, 0.25) is 0 Å². The molecule has 1 atom stereocenters. The van der Waals surface area contributed by atoms with Gasteiger partial charge in [0.25, 0.3) is 0 Å². The topological polar surface area (TPSA) is 34.1 Å². The highest BCUT2D eigenvalue weighted by Gasteiger charge is 2.38. The van der Waals surface area contributed by atoms with Crippen LogP contribution in [0.25, 0.3) is 0 Å². The number of hydrogen-bond acceptors (Lipinski definition) is 2. The average Bonchev–Trinajstić information content (AvgIpc) is 2.07. The third-order valence-corrected chi connectivity index (χ3v) is 3.52. The molecule has 1 fully saturated rings. The fourth-order valence-corrected chi connectivity index (χ4v) is 2.66. The van der Waals surface area contributed by atoms with Crippen molar-refractivity contribution in [2.75, 3.05) is 0 Å². The maximum Gasteiger partial charge on any atom is 0.305 e. The zero-order valence-corrected chi connectivity index (χ0v) is 7.62. The van der Waals surface area contributed by atoms with Crippen LogP contribution < -0.4 is 0 Å². The van der Waals surface area contributed by atoms with E-state index in [9.17, 15) is 12.3 Å². The summed E-state index contributed by atoms with van der Waals surface area (Å²) in [7, 11) is -4.27. The Morgan fingerprint density at radius 2 is 2.00 bits per heavy atom. The summed E-state index contributed by atoms with van der Waals surface area (Å²) in [6.45, 7) is 3.94. The van der Waals surface area contributed by atoms with E-state index < -0.39 is 15.5 Å². The van der Waals surface area contributed by atoms with Crippen molar-refractivity contribution in [3.05, 3.63) is 0 Å². The van der Waals surface area contributed by atoms with E-state index in [4.69, 9.17) is 0 Å². The van der Waals surface area contributed by atoms with Crippen molar-refractivity contribution in [1.29, 1.82) is 0 Å². The molecule has 0 radical (unpaired) electrons. The predicted molar refractivity (Wildman–Crippen MR) is 41.4 cm³/mol. The second kappa shape index (κ2) is 2.44. The van der Waals surface area contributed by atoms with Gasteiger partial charge >= 0.3 is 10.2 Å². The molecule has 1 rings (SSSR count). The molecular weight excluding hydrogens is 167 g/mol. The summed E-state index contributed by atoms with van der Waals surface area (Å²) in [6.07, 6.45) is 1.75. The molecule has 0 aromatic rings. The van der Waals surface area contributed by atoms with Gasteiger partial charge in [0.15, 0.2) is 0 Å². The molecule has 4 heteroatoms. The number of rotatable bonds is 1. The lowest BCUT2D eigenvalue weighted by atomic mass is 9.92. The van der Waals surface area contributed by atoms with E-state index in [2.05, 4.69) is 0 Å². The van der Waals surface area contributed by atoms with Gasteiger partial charge in [-0.25, -0.2) is 0 Å². The minimum absolute atomic E-state index is 0.00380. The van der Waals surface area contributed by atoms with Crippen LogP contribution in [0.2, 0.25) is 0 Å². The maximum absolute atomic E-state index is 12.4. The van der Waals surface area contributed by atoms with Gasteiger partial charge in [-0.1, -0.05) is 13.8 Å². The summed E-state index contributed by atoms with van der Waals surface area (Å²) in [5, 5.41) is -0.738. The molecule has 0 amide bonds. The van der Waals surface area contributed by atoms with Crippen molar-refractivity contribution in [3.63, 3.8) is 0 Å². The molecular formula is C7H13FO2S. The van der Waals surface area contributed by atoms with E-state index in [1.165, 1.54) is 0 Å². The molecule has 0 bridgehead atoms. The summed E-state index contributed by atoms with van der Waals surface area (Å²) >= 11 is 0. The minimum atomic E-state index is -4.27. The Kier molecular flexibility index (Phi) is 1.99. The monoisotopic (exact) mass is 180 g/mol. The molecule has 66 valence electrons. The van der Waals surface area contributed by atoms with Crippen molar-refractivity contribution in [2.45, 2.75) is 38.4 Å². The van der Waals surface area contributed by atoms with E-state index in [1.807, 2.05) is 13.8 Å². The molecule has 0 N–H and O–H groups in total. The van der Waals surface area contributed by atoms with E-state index in [1.54, 1.807) is 0 Å². The highest BCUT2D eigenvalue weighted by atomic mass is 32.3. The molecule has 1 unspecified atom stereocenters. The summed E-state index contributed by atoms with van der Waals surface area (Å²) in [5.41, 5.74) is 0.00380. The van der Waals surface area contributed by atoms with Crippen molar-refractivity contribution in [2.24, 2.45) is 5.41 Å². The zero-order valence-electron chi connectivity index (χ0n) is 6.80. The van der Waals surface area contributed by atoms with Gasteiger partial charge in [-0.05, 0) is 24.7 Å². The molecule has 1 aliphatic rings. The van der Waals surface area contributed by atoms with Crippen LogP contribution in [0.15, 0.2) is 0 Å². The molecule has 0 saturated heterocycles. The Balaban J connectivity index is 2.71. The first-order valence-corrected chi connectivity index (χ1v) is 5.19. The molecule has 1 saturated carbocycles. The normalized spacial score (nSPS) is 30.6. The first kappa shape index (κ1) is 8.97. The third kappa shape index (κ3) is 2.15.